The highest BCUT2D eigenvalue weighted by Gasteiger charge is 2.02. The molecule has 0 aliphatic carbocycles. The molecule has 0 aromatic heterocycles. The van der Waals surface area contributed by atoms with E-state index in [-0.39, 0.29) is 0 Å². The van der Waals surface area contributed by atoms with Crippen molar-refractivity contribution >= 4 is 15.9 Å². The van der Waals surface area contributed by atoms with E-state index >= 15 is 0 Å². The van der Waals surface area contributed by atoms with Crippen molar-refractivity contribution in [2.24, 2.45) is 0 Å². The highest BCUT2D eigenvalue weighted by molar-refractivity contribution is 9.08. The van der Waals surface area contributed by atoms with E-state index in [0.717, 1.165) is 17.5 Å². The van der Waals surface area contributed by atoms with E-state index in [2.05, 4.69) is 65.3 Å². The second-order valence-corrected chi connectivity index (χ2v) is 4.89. The van der Waals surface area contributed by atoms with E-state index in [0.29, 0.717) is 6.61 Å². The molecule has 94 valence electrons. The standard InChI is InChI=1S/C16H17BrO/c1-13-7-8-16(15(11-13)12-17)18-10-9-14-5-3-2-4-6-14/h2-8,11H,9-10,12H2,1H3. The van der Waals surface area contributed by atoms with Gasteiger partial charge in [0.25, 0.3) is 0 Å². The molecule has 2 rings (SSSR count). The molecule has 2 aromatic rings. The number of alkyl halides is 1. The summed E-state index contributed by atoms with van der Waals surface area (Å²) in [4.78, 5) is 0. The summed E-state index contributed by atoms with van der Waals surface area (Å²) in [6.45, 7) is 2.81. The Morgan fingerprint density at radius 3 is 2.56 bits per heavy atom. The summed E-state index contributed by atoms with van der Waals surface area (Å²) in [7, 11) is 0. The Balaban J connectivity index is 1.94. The summed E-state index contributed by atoms with van der Waals surface area (Å²) in [6, 6.07) is 16.7. The SMILES string of the molecule is Cc1ccc(OCCc2ccccc2)c(CBr)c1. The summed E-state index contributed by atoms with van der Waals surface area (Å²) in [6.07, 6.45) is 0.941. The van der Waals surface area contributed by atoms with Gasteiger partial charge in [0, 0.05) is 17.3 Å². The van der Waals surface area contributed by atoms with Gasteiger partial charge in [0.15, 0.2) is 0 Å². The molecule has 0 aliphatic heterocycles. The molecule has 2 aromatic carbocycles. The maximum absolute atomic E-state index is 5.86. The zero-order valence-corrected chi connectivity index (χ0v) is 12.1. The number of aryl methyl sites for hydroxylation is 1. The molecule has 0 amide bonds. The lowest BCUT2D eigenvalue weighted by Gasteiger charge is -2.10. The summed E-state index contributed by atoms with van der Waals surface area (Å²) in [5.74, 6) is 0.980. The Kier molecular flexibility index (Phi) is 4.82. The fourth-order valence-electron chi connectivity index (χ4n) is 1.88. The van der Waals surface area contributed by atoms with Crippen molar-refractivity contribution in [3.8, 4) is 5.75 Å². The third-order valence-electron chi connectivity index (χ3n) is 2.85. The van der Waals surface area contributed by atoms with Crippen LogP contribution in [0, 0.1) is 6.92 Å². The van der Waals surface area contributed by atoms with E-state index in [1.165, 1.54) is 16.7 Å². The van der Waals surface area contributed by atoms with Gasteiger partial charge in [0.05, 0.1) is 6.61 Å². The first-order valence-corrected chi connectivity index (χ1v) is 7.24. The number of hydrogen-bond donors (Lipinski definition) is 0. The van der Waals surface area contributed by atoms with Crippen LogP contribution in [0.5, 0.6) is 5.75 Å². The molecule has 0 heterocycles. The molecule has 0 N–H and O–H groups in total. The van der Waals surface area contributed by atoms with Crippen LogP contribution in [-0.4, -0.2) is 6.61 Å². The first kappa shape index (κ1) is 13.2. The Morgan fingerprint density at radius 1 is 1.06 bits per heavy atom. The average molecular weight is 305 g/mol. The van der Waals surface area contributed by atoms with Crippen LogP contribution >= 0.6 is 15.9 Å². The van der Waals surface area contributed by atoms with Crippen molar-refractivity contribution in [3.63, 3.8) is 0 Å². The minimum atomic E-state index is 0.715. The van der Waals surface area contributed by atoms with Crippen LogP contribution in [0.15, 0.2) is 48.5 Å². The Labute approximate surface area is 117 Å². The number of rotatable bonds is 5. The van der Waals surface area contributed by atoms with Gasteiger partial charge in [-0.25, -0.2) is 0 Å². The number of halogens is 1. The van der Waals surface area contributed by atoms with E-state index < -0.39 is 0 Å². The molecular formula is C16H17BrO. The largest absolute Gasteiger partial charge is 0.493 e. The Hall–Kier alpha value is -1.28. The van der Waals surface area contributed by atoms with Crippen molar-refractivity contribution in [1.82, 2.24) is 0 Å². The van der Waals surface area contributed by atoms with Gasteiger partial charge in [-0.15, -0.1) is 0 Å². The molecule has 0 radical (unpaired) electrons. The molecular weight excluding hydrogens is 288 g/mol. The molecule has 0 aliphatic rings. The minimum absolute atomic E-state index is 0.715. The van der Waals surface area contributed by atoms with Gasteiger partial charge in [0.2, 0.25) is 0 Å². The van der Waals surface area contributed by atoms with Crippen LogP contribution in [0.25, 0.3) is 0 Å². The molecule has 18 heavy (non-hydrogen) atoms. The number of ether oxygens (including phenoxy) is 1. The zero-order valence-electron chi connectivity index (χ0n) is 10.5. The molecule has 0 bridgehead atoms. The molecule has 0 atom stereocenters. The van der Waals surface area contributed by atoms with Gasteiger partial charge in [-0.2, -0.15) is 0 Å². The van der Waals surface area contributed by atoms with Crippen LogP contribution in [0.1, 0.15) is 16.7 Å². The van der Waals surface area contributed by atoms with Crippen molar-refractivity contribution in [3.05, 3.63) is 65.2 Å². The predicted octanol–water partition coefficient (Wildman–Crippen LogP) is 4.51. The summed E-state index contributed by atoms with van der Waals surface area (Å²) in [5, 5.41) is 0.829. The van der Waals surface area contributed by atoms with Crippen LogP contribution in [0.3, 0.4) is 0 Å². The maximum atomic E-state index is 5.86. The topological polar surface area (TPSA) is 9.23 Å². The monoisotopic (exact) mass is 304 g/mol. The second-order valence-electron chi connectivity index (χ2n) is 4.33. The molecule has 0 fully saturated rings. The van der Waals surface area contributed by atoms with Crippen LogP contribution in [0.4, 0.5) is 0 Å². The molecule has 0 spiro atoms. The third-order valence-corrected chi connectivity index (χ3v) is 3.46. The average Bonchev–Trinajstić information content (AvgIpc) is 2.41. The van der Waals surface area contributed by atoms with Gasteiger partial charge < -0.3 is 4.74 Å². The number of hydrogen-bond acceptors (Lipinski definition) is 1. The third kappa shape index (κ3) is 3.61. The van der Waals surface area contributed by atoms with Gasteiger partial charge >= 0.3 is 0 Å². The summed E-state index contributed by atoms with van der Waals surface area (Å²) in [5.41, 5.74) is 3.79. The van der Waals surface area contributed by atoms with E-state index in [9.17, 15) is 0 Å². The van der Waals surface area contributed by atoms with Gasteiger partial charge in [-0.05, 0) is 18.6 Å². The lowest BCUT2D eigenvalue weighted by atomic mass is 10.1. The second kappa shape index (κ2) is 6.60. The minimum Gasteiger partial charge on any atom is -0.493 e. The van der Waals surface area contributed by atoms with Gasteiger partial charge in [-0.3, -0.25) is 0 Å². The van der Waals surface area contributed by atoms with E-state index in [1.54, 1.807) is 0 Å². The van der Waals surface area contributed by atoms with Crippen molar-refractivity contribution in [2.45, 2.75) is 18.7 Å². The molecule has 0 unspecified atom stereocenters. The van der Waals surface area contributed by atoms with Crippen molar-refractivity contribution in [2.75, 3.05) is 6.61 Å². The van der Waals surface area contributed by atoms with Gasteiger partial charge in [-0.1, -0.05) is 64.0 Å². The normalized spacial score (nSPS) is 10.3. The van der Waals surface area contributed by atoms with Crippen LogP contribution < -0.4 is 4.74 Å². The highest BCUT2D eigenvalue weighted by atomic mass is 79.9. The predicted molar refractivity (Wildman–Crippen MR) is 79.5 cm³/mol. The summed E-state index contributed by atoms with van der Waals surface area (Å²) < 4.78 is 5.86. The van der Waals surface area contributed by atoms with Crippen molar-refractivity contribution < 1.29 is 4.74 Å². The first-order chi connectivity index (χ1) is 8.79. The molecule has 2 heteroatoms. The van der Waals surface area contributed by atoms with Gasteiger partial charge in [0.1, 0.15) is 5.75 Å². The quantitative estimate of drug-likeness (QED) is 0.738. The summed E-state index contributed by atoms with van der Waals surface area (Å²) >= 11 is 3.50. The van der Waals surface area contributed by atoms with E-state index in [4.69, 9.17) is 4.74 Å². The molecule has 0 saturated carbocycles. The smallest absolute Gasteiger partial charge is 0.123 e. The maximum Gasteiger partial charge on any atom is 0.123 e. The Morgan fingerprint density at radius 2 is 1.83 bits per heavy atom. The molecule has 1 nitrogen and oxygen atoms in total. The fraction of sp³-hybridized carbons (Fsp3) is 0.250. The lowest BCUT2D eigenvalue weighted by molar-refractivity contribution is 0.319. The van der Waals surface area contributed by atoms with Crippen LogP contribution in [-0.2, 0) is 11.8 Å². The first-order valence-electron chi connectivity index (χ1n) is 6.12. The Bertz CT molecular complexity index is 494. The zero-order chi connectivity index (χ0) is 12.8. The number of benzene rings is 2. The van der Waals surface area contributed by atoms with Crippen molar-refractivity contribution in [1.29, 1.82) is 0 Å². The highest BCUT2D eigenvalue weighted by Crippen LogP contribution is 2.22. The fourth-order valence-corrected chi connectivity index (χ4v) is 2.32. The molecule has 0 saturated heterocycles. The van der Waals surface area contributed by atoms with Crippen LogP contribution in [0.2, 0.25) is 0 Å². The lowest BCUT2D eigenvalue weighted by Crippen LogP contribution is -2.03. The van der Waals surface area contributed by atoms with E-state index in [1.807, 2.05) is 6.07 Å².